The predicted octanol–water partition coefficient (Wildman–Crippen LogP) is 4.42. The fourth-order valence-corrected chi connectivity index (χ4v) is 6.67. The average molecular weight is 480 g/mol. The van der Waals surface area contributed by atoms with Crippen LogP contribution in [0, 0.1) is 11.8 Å². The van der Waals surface area contributed by atoms with E-state index in [4.69, 9.17) is 5.73 Å². The highest BCUT2D eigenvalue weighted by Gasteiger charge is 2.44. The van der Waals surface area contributed by atoms with Gasteiger partial charge < -0.3 is 15.5 Å². The van der Waals surface area contributed by atoms with Crippen molar-refractivity contribution in [2.45, 2.75) is 44.1 Å². The molecule has 6 nitrogen and oxygen atoms in total. The molecule has 1 aromatic heterocycles. The maximum atomic E-state index is 14.1. The molecule has 0 unspecified atom stereocenters. The van der Waals surface area contributed by atoms with Gasteiger partial charge in [0.1, 0.15) is 0 Å². The Kier molecular flexibility index (Phi) is 5.31. The lowest BCUT2D eigenvalue weighted by Gasteiger charge is -2.46. The van der Waals surface area contributed by atoms with Gasteiger partial charge in [0.25, 0.3) is 0 Å². The second kappa shape index (κ2) is 8.70. The molecule has 1 saturated carbocycles. The number of nitrogens with zero attached hydrogens (tertiary/aromatic N) is 4. The van der Waals surface area contributed by atoms with Crippen LogP contribution in [0.5, 0.6) is 0 Å². The van der Waals surface area contributed by atoms with Gasteiger partial charge in [-0.15, -0.1) is 0 Å². The first-order valence-corrected chi connectivity index (χ1v) is 13.5. The van der Waals surface area contributed by atoms with E-state index in [1.165, 1.54) is 40.7 Å². The van der Waals surface area contributed by atoms with Gasteiger partial charge in [-0.1, -0.05) is 36.4 Å². The zero-order valence-electron chi connectivity index (χ0n) is 20.6. The number of carbonyl (C=O) groups is 1. The first kappa shape index (κ1) is 22.0. The first-order valence-electron chi connectivity index (χ1n) is 13.5. The number of hydrogen-bond donors (Lipinski definition) is 1. The maximum absolute atomic E-state index is 14.1. The van der Waals surface area contributed by atoms with Crippen molar-refractivity contribution in [1.82, 2.24) is 19.8 Å². The molecule has 2 N–H and O–H groups in total. The van der Waals surface area contributed by atoms with Crippen molar-refractivity contribution in [3.63, 3.8) is 0 Å². The molecule has 184 valence electrons. The smallest absolute Gasteiger partial charge is 0.228 e. The number of likely N-dealkylation sites (tertiary alicyclic amines) is 2. The topological polar surface area (TPSA) is 75.3 Å². The Hall–Kier alpha value is -3.25. The average Bonchev–Trinajstić information content (AvgIpc) is 3.61. The van der Waals surface area contributed by atoms with Crippen LogP contribution in [0.4, 0.5) is 5.69 Å². The van der Waals surface area contributed by atoms with E-state index in [9.17, 15) is 4.79 Å². The normalized spacial score (nSPS) is 25.2. The molecule has 3 aromatic rings. The van der Waals surface area contributed by atoms with Gasteiger partial charge in [-0.05, 0) is 77.9 Å². The molecular weight excluding hydrogens is 446 g/mol. The Bertz CT molecular complexity index is 1300. The molecule has 7 rings (SSSR count). The van der Waals surface area contributed by atoms with Crippen LogP contribution in [0.3, 0.4) is 0 Å². The summed E-state index contributed by atoms with van der Waals surface area (Å²) in [4.78, 5) is 27.6. The van der Waals surface area contributed by atoms with Crippen LogP contribution >= 0.6 is 0 Å². The fraction of sp³-hybridized carbons (Fsp3) is 0.433. The summed E-state index contributed by atoms with van der Waals surface area (Å²) >= 11 is 0. The van der Waals surface area contributed by atoms with Crippen LogP contribution in [0.1, 0.15) is 60.2 Å². The Morgan fingerprint density at radius 2 is 1.78 bits per heavy atom. The molecule has 36 heavy (non-hydrogen) atoms. The third-order valence-electron chi connectivity index (χ3n) is 8.88. The van der Waals surface area contributed by atoms with E-state index in [0.717, 1.165) is 62.9 Å². The molecule has 3 heterocycles. The minimum atomic E-state index is -0.0897. The van der Waals surface area contributed by atoms with Crippen molar-refractivity contribution in [1.29, 1.82) is 0 Å². The number of nitrogens with two attached hydrogens (primary N) is 1. The molecular formula is C30H33N5O. The predicted molar refractivity (Wildman–Crippen MR) is 140 cm³/mol. The van der Waals surface area contributed by atoms with Crippen molar-refractivity contribution >= 4 is 11.6 Å². The molecule has 0 radical (unpaired) electrons. The van der Waals surface area contributed by atoms with Gasteiger partial charge in [-0.3, -0.25) is 4.79 Å². The fourth-order valence-electron chi connectivity index (χ4n) is 6.67. The number of piperidine rings is 1. The minimum Gasteiger partial charge on any atom is -0.398 e. The zero-order chi connectivity index (χ0) is 24.2. The minimum absolute atomic E-state index is 0.00924. The Morgan fingerprint density at radius 3 is 2.56 bits per heavy atom. The van der Waals surface area contributed by atoms with Crippen molar-refractivity contribution in [3.8, 4) is 11.1 Å². The second-order valence-electron chi connectivity index (χ2n) is 11.1. The summed E-state index contributed by atoms with van der Waals surface area (Å²) in [5, 5.41) is 0. The van der Waals surface area contributed by atoms with Crippen molar-refractivity contribution in [2.24, 2.45) is 11.8 Å². The molecule has 1 amide bonds. The zero-order valence-corrected chi connectivity index (χ0v) is 20.6. The van der Waals surface area contributed by atoms with E-state index in [1.807, 2.05) is 11.0 Å². The quantitative estimate of drug-likeness (QED) is 0.429. The monoisotopic (exact) mass is 479 g/mol. The van der Waals surface area contributed by atoms with Gasteiger partial charge in [0.15, 0.2) is 5.82 Å². The molecule has 6 heteroatoms. The largest absolute Gasteiger partial charge is 0.398 e. The molecule has 2 aromatic carbocycles. The van der Waals surface area contributed by atoms with Gasteiger partial charge in [0.05, 0.1) is 12.0 Å². The molecule has 4 aliphatic rings. The lowest BCUT2D eigenvalue weighted by atomic mass is 9.77. The van der Waals surface area contributed by atoms with E-state index in [-0.39, 0.29) is 23.8 Å². The van der Waals surface area contributed by atoms with Crippen LogP contribution in [0.25, 0.3) is 11.1 Å². The number of benzene rings is 2. The van der Waals surface area contributed by atoms with Gasteiger partial charge in [-0.25, -0.2) is 9.97 Å². The summed E-state index contributed by atoms with van der Waals surface area (Å²) in [7, 11) is 0. The van der Waals surface area contributed by atoms with E-state index >= 15 is 0 Å². The number of hydrogen-bond acceptors (Lipinski definition) is 5. The van der Waals surface area contributed by atoms with E-state index < -0.39 is 0 Å². The number of aromatic nitrogens is 2. The molecule has 0 spiro atoms. The Balaban J connectivity index is 1.20. The lowest BCUT2D eigenvalue weighted by Crippen LogP contribution is -2.53. The van der Waals surface area contributed by atoms with Gasteiger partial charge in [-0.2, -0.15) is 0 Å². The summed E-state index contributed by atoms with van der Waals surface area (Å²) in [6.45, 7) is 3.75. The molecule has 2 aliphatic heterocycles. The third kappa shape index (κ3) is 3.70. The summed E-state index contributed by atoms with van der Waals surface area (Å²) in [6.07, 6.45) is 8.98. The number of fused-ring (bicyclic) bond motifs is 3. The number of rotatable bonds is 5. The van der Waals surface area contributed by atoms with Crippen molar-refractivity contribution in [3.05, 3.63) is 77.4 Å². The summed E-state index contributed by atoms with van der Waals surface area (Å²) < 4.78 is 0. The molecule has 3 atom stereocenters. The second-order valence-corrected chi connectivity index (χ2v) is 11.1. The Morgan fingerprint density at radius 1 is 0.944 bits per heavy atom. The van der Waals surface area contributed by atoms with Crippen molar-refractivity contribution in [2.75, 3.05) is 31.9 Å². The summed E-state index contributed by atoms with van der Waals surface area (Å²) in [5.74, 6) is 1.87. The Labute approximate surface area is 212 Å². The first-order chi connectivity index (χ1) is 17.7. The van der Waals surface area contributed by atoms with Crippen LogP contribution < -0.4 is 5.73 Å². The van der Waals surface area contributed by atoms with Gasteiger partial charge >= 0.3 is 0 Å². The van der Waals surface area contributed by atoms with Crippen LogP contribution in [0.15, 0.2) is 54.9 Å². The van der Waals surface area contributed by atoms with Crippen LogP contribution in [0.2, 0.25) is 0 Å². The highest BCUT2D eigenvalue weighted by molar-refractivity contribution is 5.85. The van der Waals surface area contributed by atoms with E-state index in [1.54, 1.807) is 12.4 Å². The molecule has 2 saturated heterocycles. The van der Waals surface area contributed by atoms with Crippen LogP contribution in [-0.4, -0.2) is 51.9 Å². The maximum Gasteiger partial charge on any atom is 0.228 e. The number of nitrogen functional groups attached to an aromatic ring is 1. The summed E-state index contributed by atoms with van der Waals surface area (Å²) in [6, 6.07) is 14.9. The SMILES string of the molecule is Nc1c([C@H]2CCN(CC3CC3)C[C@H]2C(=O)N2CC[C@@H]2c2ncccn2)ccc2c1Cc1ccccc1-2. The summed E-state index contributed by atoms with van der Waals surface area (Å²) in [5.41, 5.74) is 14.1. The molecule has 0 bridgehead atoms. The number of amides is 1. The van der Waals surface area contributed by atoms with E-state index in [2.05, 4.69) is 51.3 Å². The third-order valence-corrected chi connectivity index (χ3v) is 8.88. The standard InChI is InChI=1S/C30H33N5O/c31-28-24(9-8-22-21-5-2-1-4-20(21)16-25(22)28)23-10-14-34(17-19-6-7-19)18-26(23)30(36)35-15-11-27(35)29-32-12-3-13-33-29/h1-5,8-9,12-13,19,23,26-27H,6-7,10-11,14-18,31H2/t23-,26-,27-/m1/s1. The van der Waals surface area contributed by atoms with Crippen molar-refractivity contribution < 1.29 is 4.79 Å². The lowest BCUT2D eigenvalue weighted by molar-refractivity contribution is -0.146. The molecule has 3 fully saturated rings. The van der Waals surface area contributed by atoms with Gasteiger partial charge in [0, 0.05) is 44.1 Å². The molecule has 2 aliphatic carbocycles. The highest BCUT2D eigenvalue weighted by Crippen LogP contribution is 2.46. The van der Waals surface area contributed by atoms with Crippen LogP contribution in [-0.2, 0) is 11.2 Å². The number of carbonyl (C=O) groups excluding carboxylic acids is 1. The number of anilines is 1. The van der Waals surface area contributed by atoms with Gasteiger partial charge in [0.2, 0.25) is 5.91 Å². The van der Waals surface area contributed by atoms with E-state index in [0.29, 0.717) is 0 Å². The highest BCUT2D eigenvalue weighted by atomic mass is 16.2.